The summed E-state index contributed by atoms with van der Waals surface area (Å²) in [6.07, 6.45) is 3.32. The lowest BCUT2D eigenvalue weighted by molar-refractivity contribution is -0.121. The van der Waals surface area contributed by atoms with Gasteiger partial charge in [-0.15, -0.1) is 0 Å². The molecule has 6 nitrogen and oxygen atoms in total. The molecule has 0 saturated carbocycles. The third kappa shape index (κ3) is 4.22. The Morgan fingerprint density at radius 1 is 1.45 bits per heavy atom. The van der Waals surface area contributed by atoms with Gasteiger partial charge in [0, 0.05) is 18.8 Å². The van der Waals surface area contributed by atoms with Crippen LogP contribution in [0, 0.1) is 0 Å². The second-order valence-corrected chi connectivity index (χ2v) is 4.91. The van der Waals surface area contributed by atoms with Crippen molar-refractivity contribution < 1.29 is 13.7 Å². The number of hydrogen-bond donors (Lipinski definition) is 1. The molecule has 0 aliphatic carbocycles. The van der Waals surface area contributed by atoms with Crippen molar-refractivity contribution in [3.63, 3.8) is 0 Å². The van der Waals surface area contributed by atoms with Crippen molar-refractivity contribution in [2.45, 2.75) is 45.6 Å². The number of rotatable bonds is 7. The Morgan fingerprint density at radius 2 is 2.30 bits per heavy atom. The van der Waals surface area contributed by atoms with Crippen LogP contribution < -0.4 is 5.32 Å². The molecule has 0 bridgehead atoms. The Balaban J connectivity index is 1.65. The molecule has 0 aliphatic heterocycles. The summed E-state index contributed by atoms with van der Waals surface area (Å²) in [6, 6.07) is 3.62. The SMILES string of the molecule is CC(C)c1noc(CCCC(=O)NCc2ccco2)n1. The summed E-state index contributed by atoms with van der Waals surface area (Å²) in [5, 5.41) is 6.68. The van der Waals surface area contributed by atoms with Crippen LogP contribution in [0.15, 0.2) is 27.3 Å². The average molecular weight is 277 g/mol. The van der Waals surface area contributed by atoms with E-state index in [2.05, 4.69) is 15.5 Å². The van der Waals surface area contributed by atoms with Crippen molar-refractivity contribution in [2.24, 2.45) is 0 Å². The molecule has 20 heavy (non-hydrogen) atoms. The molecule has 2 rings (SSSR count). The first-order valence-electron chi connectivity index (χ1n) is 6.76. The Labute approximate surface area is 117 Å². The molecule has 2 aromatic rings. The number of carbonyl (C=O) groups is 1. The first kappa shape index (κ1) is 14.3. The molecule has 0 spiro atoms. The molecule has 0 radical (unpaired) electrons. The molecular formula is C14H19N3O3. The third-order valence-electron chi connectivity index (χ3n) is 2.83. The number of carbonyl (C=O) groups excluding carboxylic acids is 1. The lowest BCUT2D eigenvalue weighted by Crippen LogP contribution is -2.22. The maximum absolute atomic E-state index is 11.6. The smallest absolute Gasteiger partial charge is 0.226 e. The number of aromatic nitrogens is 2. The van der Waals surface area contributed by atoms with Crippen LogP contribution in [0.25, 0.3) is 0 Å². The molecule has 0 aliphatic rings. The van der Waals surface area contributed by atoms with Crippen LogP contribution in [0.2, 0.25) is 0 Å². The predicted octanol–water partition coefficient (Wildman–Crippen LogP) is 2.43. The Morgan fingerprint density at radius 3 is 2.95 bits per heavy atom. The highest BCUT2D eigenvalue weighted by Crippen LogP contribution is 2.11. The molecule has 0 saturated heterocycles. The van der Waals surface area contributed by atoms with Gasteiger partial charge in [0.15, 0.2) is 5.82 Å². The van der Waals surface area contributed by atoms with E-state index in [1.807, 2.05) is 19.9 Å². The molecule has 108 valence electrons. The molecular weight excluding hydrogens is 258 g/mol. The monoisotopic (exact) mass is 277 g/mol. The number of aryl methyl sites for hydroxylation is 1. The molecule has 6 heteroatoms. The lowest BCUT2D eigenvalue weighted by atomic mass is 10.2. The Bertz CT molecular complexity index is 532. The summed E-state index contributed by atoms with van der Waals surface area (Å²) in [5.41, 5.74) is 0. The zero-order valence-corrected chi connectivity index (χ0v) is 11.8. The second kappa shape index (κ2) is 6.88. The maximum atomic E-state index is 11.6. The van der Waals surface area contributed by atoms with Crippen LogP contribution in [0.3, 0.4) is 0 Å². The summed E-state index contributed by atoms with van der Waals surface area (Å²) < 4.78 is 10.3. The van der Waals surface area contributed by atoms with Crippen molar-refractivity contribution in [2.75, 3.05) is 0 Å². The zero-order valence-electron chi connectivity index (χ0n) is 11.8. The van der Waals surface area contributed by atoms with E-state index in [1.165, 1.54) is 0 Å². The van der Waals surface area contributed by atoms with E-state index in [4.69, 9.17) is 8.94 Å². The fraction of sp³-hybridized carbons (Fsp3) is 0.500. The van der Waals surface area contributed by atoms with Gasteiger partial charge in [-0.1, -0.05) is 19.0 Å². The molecule has 0 fully saturated rings. The highest BCUT2D eigenvalue weighted by Gasteiger charge is 2.10. The first-order chi connectivity index (χ1) is 9.65. The van der Waals surface area contributed by atoms with E-state index in [0.29, 0.717) is 37.5 Å². The van der Waals surface area contributed by atoms with Crippen molar-refractivity contribution in [1.82, 2.24) is 15.5 Å². The molecule has 0 aromatic carbocycles. The number of hydrogen-bond acceptors (Lipinski definition) is 5. The van der Waals surface area contributed by atoms with Crippen molar-refractivity contribution in [1.29, 1.82) is 0 Å². The standard InChI is InChI=1S/C14H19N3O3/c1-10(2)14-16-13(20-17-14)7-3-6-12(18)15-9-11-5-4-8-19-11/h4-5,8,10H,3,6-7,9H2,1-2H3,(H,15,18). The third-order valence-corrected chi connectivity index (χ3v) is 2.83. The van der Waals surface area contributed by atoms with Gasteiger partial charge in [-0.3, -0.25) is 4.79 Å². The van der Waals surface area contributed by atoms with Gasteiger partial charge in [-0.2, -0.15) is 4.98 Å². The fourth-order valence-corrected chi connectivity index (χ4v) is 1.69. The van der Waals surface area contributed by atoms with Crippen molar-refractivity contribution in [3.8, 4) is 0 Å². The van der Waals surface area contributed by atoms with Crippen LogP contribution in [0.4, 0.5) is 0 Å². The van der Waals surface area contributed by atoms with E-state index in [-0.39, 0.29) is 11.8 Å². The molecule has 0 atom stereocenters. The quantitative estimate of drug-likeness (QED) is 0.840. The van der Waals surface area contributed by atoms with Gasteiger partial charge in [-0.25, -0.2) is 0 Å². The molecule has 1 amide bonds. The maximum Gasteiger partial charge on any atom is 0.226 e. The van der Waals surface area contributed by atoms with Gasteiger partial charge >= 0.3 is 0 Å². The summed E-state index contributed by atoms with van der Waals surface area (Å²) >= 11 is 0. The average Bonchev–Trinajstić information content (AvgIpc) is 3.07. The molecule has 2 heterocycles. The minimum absolute atomic E-state index is 0.00926. The Hall–Kier alpha value is -2.11. The summed E-state index contributed by atoms with van der Waals surface area (Å²) in [6.45, 7) is 4.44. The van der Waals surface area contributed by atoms with Gasteiger partial charge in [0.1, 0.15) is 5.76 Å². The molecule has 0 unspecified atom stereocenters. The van der Waals surface area contributed by atoms with Crippen LogP contribution in [0.1, 0.15) is 50.1 Å². The van der Waals surface area contributed by atoms with Gasteiger partial charge in [-0.05, 0) is 18.6 Å². The fourth-order valence-electron chi connectivity index (χ4n) is 1.69. The Kier molecular flexibility index (Phi) is 4.92. The number of nitrogens with one attached hydrogen (secondary N) is 1. The van der Waals surface area contributed by atoms with Crippen LogP contribution in [-0.2, 0) is 17.8 Å². The summed E-state index contributed by atoms with van der Waals surface area (Å²) in [7, 11) is 0. The van der Waals surface area contributed by atoms with Gasteiger partial charge < -0.3 is 14.3 Å². The summed E-state index contributed by atoms with van der Waals surface area (Å²) in [5.74, 6) is 2.29. The number of nitrogens with zero attached hydrogens (tertiary/aromatic N) is 2. The van der Waals surface area contributed by atoms with E-state index in [0.717, 1.165) is 5.76 Å². The van der Waals surface area contributed by atoms with E-state index in [1.54, 1.807) is 12.3 Å². The minimum atomic E-state index is -0.00926. The highest BCUT2D eigenvalue weighted by atomic mass is 16.5. The van der Waals surface area contributed by atoms with E-state index in [9.17, 15) is 4.79 Å². The molecule has 2 aromatic heterocycles. The lowest BCUT2D eigenvalue weighted by Gasteiger charge is -2.01. The minimum Gasteiger partial charge on any atom is -0.467 e. The zero-order chi connectivity index (χ0) is 14.4. The van der Waals surface area contributed by atoms with Crippen LogP contribution in [0.5, 0.6) is 0 Å². The second-order valence-electron chi connectivity index (χ2n) is 4.91. The predicted molar refractivity (Wildman–Crippen MR) is 71.9 cm³/mol. The number of furan rings is 1. The van der Waals surface area contributed by atoms with Gasteiger partial charge in [0.25, 0.3) is 0 Å². The van der Waals surface area contributed by atoms with Gasteiger partial charge in [0.05, 0.1) is 12.8 Å². The van der Waals surface area contributed by atoms with Crippen molar-refractivity contribution >= 4 is 5.91 Å². The van der Waals surface area contributed by atoms with E-state index < -0.39 is 0 Å². The number of amides is 1. The largest absolute Gasteiger partial charge is 0.467 e. The van der Waals surface area contributed by atoms with Crippen molar-refractivity contribution in [3.05, 3.63) is 35.9 Å². The van der Waals surface area contributed by atoms with Crippen LogP contribution >= 0.6 is 0 Å². The first-order valence-corrected chi connectivity index (χ1v) is 6.76. The van der Waals surface area contributed by atoms with E-state index >= 15 is 0 Å². The molecule has 1 N–H and O–H groups in total. The highest BCUT2D eigenvalue weighted by molar-refractivity contribution is 5.75. The van der Waals surface area contributed by atoms with Crippen LogP contribution in [-0.4, -0.2) is 16.0 Å². The normalized spacial score (nSPS) is 10.9. The van der Waals surface area contributed by atoms with Gasteiger partial charge in [0.2, 0.25) is 11.8 Å². The summed E-state index contributed by atoms with van der Waals surface area (Å²) in [4.78, 5) is 15.9. The topological polar surface area (TPSA) is 81.2 Å².